The average molecular weight is 592 g/mol. The summed E-state index contributed by atoms with van der Waals surface area (Å²) < 4.78 is 61.5. The summed E-state index contributed by atoms with van der Waals surface area (Å²) in [4.78, 5) is 13.4. The molecule has 3 aromatic carbocycles. The van der Waals surface area contributed by atoms with Crippen LogP contribution in [0.2, 0.25) is 5.02 Å². The molecule has 12 heteroatoms. The highest BCUT2D eigenvalue weighted by molar-refractivity contribution is 7.92. The van der Waals surface area contributed by atoms with Crippen LogP contribution in [0.3, 0.4) is 0 Å². The summed E-state index contributed by atoms with van der Waals surface area (Å²) in [5.74, 6) is -0.461. The lowest BCUT2D eigenvalue weighted by Gasteiger charge is -2.27. The Hall–Kier alpha value is -3.12. The van der Waals surface area contributed by atoms with E-state index in [1.165, 1.54) is 47.8 Å². The molecular formula is C27H30ClN3O6S2. The van der Waals surface area contributed by atoms with Gasteiger partial charge < -0.3 is 10.1 Å². The van der Waals surface area contributed by atoms with Crippen LogP contribution < -0.4 is 14.4 Å². The molecular weight excluding hydrogens is 562 g/mol. The van der Waals surface area contributed by atoms with E-state index in [1.54, 1.807) is 37.3 Å². The Bertz CT molecular complexity index is 1560. The number of nitrogens with zero attached hydrogens (tertiary/aromatic N) is 2. The van der Waals surface area contributed by atoms with E-state index in [2.05, 4.69) is 5.32 Å². The van der Waals surface area contributed by atoms with Gasteiger partial charge >= 0.3 is 0 Å². The molecule has 1 aliphatic rings. The van der Waals surface area contributed by atoms with Gasteiger partial charge in [0.05, 0.1) is 28.3 Å². The molecule has 9 nitrogen and oxygen atoms in total. The van der Waals surface area contributed by atoms with Crippen molar-refractivity contribution in [1.29, 1.82) is 0 Å². The number of benzene rings is 3. The first kappa shape index (κ1) is 28.9. The van der Waals surface area contributed by atoms with E-state index >= 15 is 0 Å². The van der Waals surface area contributed by atoms with Crippen molar-refractivity contribution >= 4 is 48.9 Å². The Morgan fingerprint density at radius 3 is 2.31 bits per heavy atom. The van der Waals surface area contributed by atoms with Crippen LogP contribution in [0.1, 0.15) is 24.8 Å². The number of nitrogens with one attached hydrogen (secondary N) is 1. The second kappa shape index (κ2) is 12.0. The lowest BCUT2D eigenvalue weighted by Crippen LogP contribution is -2.38. The van der Waals surface area contributed by atoms with Crippen LogP contribution in [0, 0.1) is 6.92 Å². The predicted molar refractivity (Wildman–Crippen MR) is 151 cm³/mol. The van der Waals surface area contributed by atoms with Gasteiger partial charge in [-0.2, -0.15) is 4.31 Å². The second-order valence-corrected chi connectivity index (χ2v) is 13.4. The van der Waals surface area contributed by atoms with E-state index in [-0.39, 0.29) is 26.9 Å². The number of aryl methyl sites for hydroxylation is 1. The molecule has 0 saturated carbocycles. The summed E-state index contributed by atoms with van der Waals surface area (Å²) in [6.07, 6.45) is 2.55. The van der Waals surface area contributed by atoms with Gasteiger partial charge in [0.25, 0.3) is 10.0 Å². The van der Waals surface area contributed by atoms with Crippen LogP contribution in [-0.4, -0.2) is 53.8 Å². The Morgan fingerprint density at radius 1 is 0.949 bits per heavy atom. The molecule has 1 fully saturated rings. The zero-order valence-corrected chi connectivity index (χ0v) is 24.0. The number of piperidine rings is 1. The van der Waals surface area contributed by atoms with Crippen LogP contribution in [0.4, 0.5) is 11.4 Å². The molecule has 0 radical (unpaired) electrons. The van der Waals surface area contributed by atoms with Crippen LogP contribution in [-0.2, 0) is 24.8 Å². The van der Waals surface area contributed by atoms with Gasteiger partial charge in [0.1, 0.15) is 12.3 Å². The zero-order valence-electron chi connectivity index (χ0n) is 21.6. The van der Waals surface area contributed by atoms with Crippen molar-refractivity contribution in [2.24, 2.45) is 0 Å². The third kappa shape index (κ3) is 6.38. The fraction of sp³-hybridized carbons (Fsp3) is 0.296. The summed E-state index contributed by atoms with van der Waals surface area (Å²) >= 11 is 6.19. The van der Waals surface area contributed by atoms with Gasteiger partial charge in [-0.25, -0.2) is 16.8 Å². The van der Waals surface area contributed by atoms with Gasteiger partial charge in [-0.1, -0.05) is 42.3 Å². The van der Waals surface area contributed by atoms with Gasteiger partial charge in [-0.05, 0) is 67.8 Å². The van der Waals surface area contributed by atoms with Crippen molar-refractivity contribution in [3.8, 4) is 5.75 Å². The predicted octanol–water partition coefficient (Wildman–Crippen LogP) is 4.67. The van der Waals surface area contributed by atoms with E-state index in [4.69, 9.17) is 16.3 Å². The number of halogens is 1. The first-order valence-corrected chi connectivity index (χ1v) is 15.6. The lowest BCUT2D eigenvalue weighted by molar-refractivity contribution is -0.114. The number of carbonyl (C=O) groups excluding carboxylic acids is 1. The highest BCUT2D eigenvalue weighted by Gasteiger charge is 2.30. The van der Waals surface area contributed by atoms with Crippen LogP contribution in [0.15, 0.2) is 76.5 Å². The summed E-state index contributed by atoms with van der Waals surface area (Å²) in [6.45, 7) is 1.99. The maximum Gasteiger partial charge on any atom is 0.264 e. The smallest absolute Gasteiger partial charge is 0.264 e. The van der Waals surface area contributed by atoms with Crippen molar-refractivity contribution in [3.63, 3.8) is 0 Å². The number of carbonyl (C=O) groups is 1. The number of rotatable bonds is 9. The highest BCUT2D eigenvalue weighted by atomic mass is 35.5. The molecule has 39 heavy (non-hydrogen) atoms. The molecule has 1 amide bonds. The molecule has 4 rings (SSSR count). The quantitative estimate of drug-likeness (QED) is 0.387. The normalized spacial score (nSPS) is 14.5. The van der Waals surface area contributed by atoms with E-state index in [0.29, 0.717) is 23.7 Å². The number of hydrogen-bond acceptors (Lipinski definition) is 6. The molecule has 0 spiro atoms. The summed E-state index contributed by atoms with van der Waals surface area (Å²) in [5.41, 5.74) is 0.953. The standard InChI is InChI=1S/C27H30ClN3O6S2/c1-20-11-12-21(28)17-25(20)31(39(35,36)22-9-5-3-6-10-22)19-27(32)29-24-18-23(13-14-26(24)37-2)38(33,34)30-15-7-4-8-16-30/h3,5-6,9-14,17-18H,4,7-8,15-16,19H2,1-2H3,(H,29,32). The average Bonchev–Trinajstić information content (AvgIpc) is 2.94. The Kier molecular flexibility index (Phi) is 8.85. The zero-order chi connectivity index (χ0) is 28.2. The Labute approximate surface area is 234 Å². The number of ether oxygens (including phenoxy) is 1. The molecule has 208 valence electrons. The summed E-state index contributed by atoms with van der Waals surface area (Å²) in [5, 5.41) is 2.96. The maximum atomic E-state index is 13.7. The van der Waals surface area contributed by atoms with Gasteiger partial charge in [-0.15, -0.1) is 0 Å². The number of sulfonamides is 2. The lowest BCUT2D eigenvalue weighted by atomic mass is 10.2. The minimum atomic E-state index is -4.16. The Morgan fingerprint density at radius 2 is 1.64 bits per heavy atom. The largest absolute Gasteiger partial charge is 0.495 e. The third-order valence-corrected chi connectivity index (χ3v) is 10.4. The summed E-state index contributed by atoms with van der Waals surface area (Å²) in [6, 6.07) is 16.8. The topological polar surface area (TPSA) is 113 Å². The molecule has 3 aromatic rings. The van der Waals surface area contributed by atoms with E-state index in [9.17, 15) is 21.6 Å². The SMILES string of the molecule is COc1ccc(S(=O)(=O)N2CCCCC2)cc1NC(=O)CN(c1cc(Cl)ccc1C)S(=O)(=O)c1ccccc1. The fourth-order valence-electron chi connectivity index (χ4n) is 4.39. The number of anilines is 2. The minimum Gasteiger partial charge on any atom is -0.495 e. The highest BCUT2D eigenvalue weighted by Crippen LogP contribution is 2.32. The molecule has 0 bridgehead atoms. The number of hydrogen-bond donors (Lipinski definition) is 1. The van der Waals surface area contributed by atoms with Crippen LogP contribution in [0.5, 0.6) is 5.75 Å². The van der Waals surface area contributed by atoms with E-state index < -0.39 is 32.5 Å². The van der Waals surface area contributed by atoms with Crippen molar-refractivity contribution in [2.45, 2.75) is 36.0 Å². The number of methoxy groups -OCH3 is 1. The van der Waals surface area contributed by atoms with Crippen molar-refractivity contribution in [3.05, 3.63) is 77.3 Å². The van der Waals surface area contributed by atoms with Gasteiger partial charge in [0.2, 0.25) is 15.9 Å². The van der Waals surface area contributed by atoms with Gasteiger partial charge in [0, 0.05) is 18.1 Å². The molecule has 0 unspecified atom stereocenters. The Balaban J connectivity index is 1.68. The third-order valence-electron chi connectivity index (χ3n) is 6.46. The van der Waals surface area contributed by atoms with Crippen molar-refractivity contribution in [1.82, 2.24) is 4.31 Å². The maximum absolute atomic E-state index is 13.7. The monoisotopic (exact) mass is 591 g/mol. The van der Waals surface area contributed by atoms with Crippen LogP contribution in [0.25, 0.3) is 0 Å². The molecule has 1 saturated heterocycles. The first-order valence-electron chi connectivity index (χ1n) is 12.4. The molecule has 0 atom stereocenters. The minimum absolute atomic E-state index is 0.00405. The molecule has 0 aliphatic carbocycles. The fourth-order valence-corrected chi connectivity index (χ4v) is 7.60. The molecule has 0 aromatic heterocycles. The van der Waals surface area contributed by atoms with E-state index in [0.717, 1.165) is 23.6 Å². The van der Waals surface area contributed by atoms with Gasteiger partial charge in [-0.3, -0.25) is 9.10 Å². The summed E-state index contributed by atoms with van der Waals surface area (Å²) in [7, 11) is -6.54. The van der Waals surface area contributed by atoms with E-state index in [1.807, 2.05) is 0 Å². The first-order chi connectivity index (χ1) is 18.5. The molecule has 1 heterocycles. The molecule has 1 N–H and O–H groups in total. The van der Waals surface area contributed by atoms with Gasteiger partial charge in [0.15, 0.2) is 0 Å². The van der Waals surface area contributed by atoms with Crippen LogP contribution >= 0.6 is 11.6 Å². The molecule has 1 aliphatic heterocycles. The van der Waals surface area contributed by atoms with Crippen molar-refractivity contribution < 1.29 is 26.4 Å². The second-order valence-electron chi connectivity index (χ2n) is 9.13. The number of amides is 1. The van der Waals surface area contributed by atoms with Crippen molar-refractivity contribution in [2.75, 3.05) is 36.4 Å².